The van der Waals surface area contributed by atoms with Crippen molar-refractivity contribution in [2.75, 3.05) is 6.61 Å². The number of aromatic nitrogens is 3. The summed E-state index contributed by atoms with van der Waals surface area (Å²) in [7, 11) is 1.95. The van der Waals surface area contributed by atoms with Gasteiger partial charge < -0.3 is 24.4 Å². The van der Waals surface area contributed by atoms with Crippen LogP contribution in [-0.4, -0.2) is 27.3 Å². The zero-order valence-electron chi connectivity index (χ0n) is 19.9. The van der Waals surface area contributed by atoms with Crippen LogP contribution in [0.1, 0.15) is 42.9 Å². The van der Waals surface area contributed by atoms with Crippen LogP contribution < -0.4 is 15.4 Å². The van der Waals surface area contributed by atoms with E-state index in [0.717, 1.165) is 39.7 Å². The number of nitrogens with one attached hydrogen (secondary N) is 2. The van der Waals surface area contributed by atoms with Crippen molar-refractivity contribution in [3.63, 3.8) is 0 Å². The number of rotatable bonds is 8. The quantitative estimate of drug-likeness (QED) is 0.177. The second kappa shape index (κ2) is 11.9. The molecule has 4 rings (SSSR count). The first-order chi connectivity index (χ1) is 16.0. The Labute approximate surface area is 216 Å². The molecule has 0 saturated heterocycles. The highest BCUT2D eigenvalue weighted by Crippen LogP contribution is 2.31. The van der Waals surface area contributed by atoms with E-state index in [1.165, 1.54) is 0 Å². The number of hydrogen-bond acceptors (Lipinski definition) is 5. The number of para-hydroxylation sites is 1. The Morgan fingerprint density at radius 1 is 1.15 bits per heavy atom. The van der Waals surface area contributed by atoms with Crippen LogP contribution in [-0.2, 0) is 20.1 Å². The third-order valence-electron chi connectivity index (χ3n) is 5.47. The van der Waals surface area contributed by atoms with Crippen LogP contribution in [0.5, 0.6) is 5.75 Å². The molecule has 0 aliphatic carbocycles. The summed E-state index contributed by atoms with van der Waals surface area (Å²) in [6.45, 7) is 7.58. The maximum absolute atomic E-state index is 6.17. The number of aliphatic imine (C=N–C) groups is 1. The van der Waals surface area contributed by atoms with Gasteiger partial charge in [0.1, 0.15) is 11.6 Å². The molecule has 0 aliphatic heterocycles. The molecular weight excluding hydrogens is 543 g/mol. The molecule has 8 nitrogen and oxygen atoms in total. The Morgan fingerprint density at radius 2 is 1.94 bits per heavy atom. The van der Waals surface area contributed by atoms with Gasteiger partial charge in [-0.3, -0.25) is 0 Å². The van der Waals surface area contributed by atoms with Gasteiger partial charge in [0.05, 0.1) is 25.7 Å². The molecule has 0 aliphatic rings. The standard InChI is InChI=1S/C25H30N6O2.HI/c1-5-32-21-13-9-12-20-14-22(33-24(20)21)17(2)28-25(26-15-19-10-7-6-8-11-19)27-16-23-30-29-18(3)31(23)4;/h6-14,17H,5,15-16H2,1-4H3,(H2,26,27,28);1H. The normalized spacial score (nSPS) is 12.3. The maximum Gasteiger partial charge on any atom is 0.192 e. The van der Waals surface area contributed by atoms with Gasteiger partial charge in [0.25, 0.3) is 0 Å². The molecule has 0 radical (unpaired) electrons. The predicted octanol–water partition coefficient (Wildman–Crippen LogP) is 4.88. The zero-order chi connectivity index (χ0) is 23.2. The average Bonchev–Trinajstić information content (AvgIpc) is 3.41. The molecule has 1 unspecified atom stereocenters. The summed E-state index contributed by atoms with van der Waals surface area (Å²) in [5, 5.41) is 16.2. The lowest BCUT2D eigenvalue weighted by Gasteiger charge is -2.17. The summed E-state index contributed by atoms with van der Waals surface area (Å²) in [4.78, 5) is 4.78. The largest absolute Gasteiger partial charge is 0.490 e. The van der Waals surface area contributed by atoms with E-state index in [1.807, 2.05) is 74.9 Å². The van der Waals surface area contributed by atoms with Crippen LogP contribution in [0.15, 0.2) is 64.0 Å². The summed E-state index contributed by atoms with van der Waals surface area (Å²) in [5.74, 6) is 3.92. The Balaban J connectivity index is 0.00000324. The lowest BCUT2D eigenvalue weighted by Crippen LogP contribution is -2.38. The van der Waals surface area contributed by atoms with Crippen LogP contribution in [0.2, 0.25) is 0 Å². The van der Waals surface area contributed by atoms with Gasteiger partial charge in [-0.1, -0.05) is 42.5 Å². The summed E-state index contributed by atoms with van der Waals surface area (Å²) in [6, 6.07) is 18.0. The lowest BCUT2D eigenvalue weighted by atomic mass is 10.2. The van der Waals surface area contributed by atoms with E-state index >= 15 is 0 Å². The maximum atomic E-state index is 6.17. The summed E-state index contributed by atoms with van der Waals surface area (Å²) in [6.07, 6.45) is 0. The molecule has 0 bridgehead atoms. The number of furan rings is 1. The van der Waals surface area contributed by atoms with E-state index in [1.54, 1.807) is 0 Å². The van der Waals surface area contributed by atoms with Gasteiger partial charge in [-0.05, 0) is 38.5 Å². The topological polar surface area (TPSA) is 89.5 Å². The predicted molar refractivity (Wildman–Crippen MR) is 145 cm³/mol. The third-order valence-corrected chi connectivity index (χ3v) is 5.47. The van der Waals surface area contributed by atoms with E-state index in [0.29, 0.717) is 25.7 Å². The molecule has 0 saturated carbocycles. The van der Waals surface area contributed by atoms with Gasteiger partial charge in [0.2, 0.25) is 0 Å². The van der Waals surface area contributed by atoms with Crippen molar-refractivity contribution >= 4 is 40.9 Å². The van der Waals surface area contributed by atoms with Gasteiger partial charge in [-0.25, -0.2) is 4.99 Å². The number of nitrogens with zero attached hydrogens (tertiary/aromatic N) is 4. The fourth-order valence-electron chi connectivity index (χ4n) is 3.49. The van der Waals surface area contributed by atoms with Crippen LogP contribution >= 0.6 is 24.0 Å². The van der Waals surface area contributed by atoms with Gasteiger partial charge in [-0.15, -0.1) is 34.2 Å². The van der Waals surface area contributed by atoms with Gasteiger partial charge in [0.15, 0.2) is 23.1 Å². The van der Waals surface area contributed by atoms with Gasteiger partial charge in [0, 0.05) is 12.4 Å². The van der Waals surface area contributed by atoms with Crippen molar-refractivity contribution in [3.8, 4) is 5.75 Å². The molecule has 2 aromatic heterocycles. The first-order valence-corrected chi connectivity index (χ1v) is 11.1. The Bertz CT molecular complexity index is 1230. The number of halogens is 1. The van der Waals surface area contributed by atoms with E-state index in [-0.39, 0.29) is 30.0 Å². The Morgan fingerprint density at radius 3 is 2.65 bits per heavy atom. The fourth-order valence-corrected chi connectivity index (χ4v) is 3.49. The number of ether oxygens (including phenoxy) is 1. The first-order valence-electron chi connectivity index (χ1n) is 11.1. The van der Waals surface area contributed by atoms with Crippen LogP contribution in [0.3, 0.4) is 0 Å². The minimum Gasteiger partial charge on any atom is -0.490 e. The van der Waals surface area contributed by atoms with Crippen LogP contribution in [0.4, 0.5) is 0 Å². The molecule has 2 heterocycles. The number of aryl methyl sites for hydroxylation is 1. The zero-order valence-corrected chi connectivity index (χ0v) is 22.2. The van der Waals surface area contributed by atoms with Crippen LogP contribution in [0, 0.1) is 6.92 Å². The smallest absolute Gasteiger partial charge is 0.192 e. The van der Waals surface area contributed by atoms with Crippen molar-refractivity contribution in [3.05, 3.63) is 77.6 Å². The number of fused-ring (bicyclic) bond motifs is 1. The summed E-state index contributed by atoms with van der Waals surface area (Å²) in [5.41, 5.74) is 1.89. The highest BCUT2D eigenvalue weighted by Gasteiger charge is 2.16. The van der Waals surface area contributed by atoms with E-state index < -0.39 is 0 Å². The molecule has 0 fully saturated rings. The molecule has 0 amide bonds. The lowest BCUT2D eigenvalue weighted by molar-refractivity contribution is 0.336. The van der Waals surface area contributed by atoms with E-state index in [2.05, 4.69) is 33.0 Å². The molecular formula is C25H31IN6O2. The minimum atomic E-state index is -0.116. The van der Waals surface area contributed by atoms with Crippen molar-refractivity contribution < 1.29 is 9.15 Å². The molecule has 4 aromatic rings. The second-order valence-electron chi connectivity index (χ2n) is 7.85. The molecule has 34 heavy (non-hydrogen) atoms. The molecule has 1 atom stereocenters. The minimum absolute atomic E-state index is 0. The van der Waals surface area contributed by atoms with E-state index in [9.17, 15) is 0 Å². The summed E-state index contributed by atoms with van der Waals surface area (Å²) < 4.78 is 13.8. The van der Waals surface area contributed by atoms with Crippen LogP contribution in [0.25, 0.3) is 11.0 Å². The fraction of sp³-hybridized carbons (Fsp3) is 0.320. The number of hydrogen-bond donors (Lipinski definition) is 2. The van der Waals surface area contributed by atoms with Gasteiger partial charge in [-0.2, -0.15) is 0 Å². The number of guanidine groups is 1. The van der Waals surface area contributed by atoms with Crippen molar-refractivity contribution in [1.82, 2.24) is 25.4 Å². The first kappa shape index (κ1) is 25.5. The van der Waals surface area contributed by atoms with Gasteiger partial charge >= 0.3 is 0 Å². The molecule has 2 N–H and O–H groups in total. The van der Waals surface area contributed by atoms with E-state index in [4.69, 9.17) is 14.1 Å². The second-order valence-corrected chi connectivity index (χ2v) is 7.85. The van der Waals surface area contributed by atoms with Crippen molar-refractivity contribution in [2.45, 2.75) is 39.9 Å². The molecule has 0 spiro atoms. The van der Waals surface area contributed by atoms with Crippen molar-refractivity contribution in [2.24, 2.45) is 12.0 Å². The molecule has 180 valence electrons. The molecule has 2 aromatic carbocycles. The Hall–Kier alpha value is -3.08. The van der Waals surface area contributed by atoms with Crippen molar-refractivity contribution in [1.29, 1.82) is 0 Å². The Kier molecular flexibility index (Phi) is 8.91. The highest BCUT2D eigenvalue weighted by atomic mass is 127. The molecule has 9 heteroatoms. The number of benzene rings is 2. The third kappa shape index (κ3) is 6.07. The summed E-state index contributed by atoms with van der Waals surface area (Å²) >= 11 is 0. The SMILES string of the molecule is CCOc1cccc2cc(C(C)NC(=NCc3ccccc3)NCc3nnc(C)n3C)oc12.I. The highest BCUT2D eigenvalue weighted by molar-refractivity contribution is 14.0. The average molecular weight is 574 g/mol. The monoisotopic (exact) mass is 574 g/mol.